The zero-order valence-corrected chi connectivity index (χ0v) is 39.0. The van der Waals surface area contributed by atoms with Crippen molar-refractivity contribution in [1.29, 1.82) is 0 Å². The summed E-state index contributed by atoms with van der Waals surface area (Å²) >= 11 is 0. The van der Waals surface area contributed by atoms with E-state index in [2.05, 4.69) is 177 Å². The molecule has 0 heterocycles. The summed E-state index contributed by atoms with van der Waals surface area (Å²) in [5.74, 6) is 0.495. The normalized spacial score (nSPS) is 13.6. The van der Waals surface area contributed by atoms with Crippen LogP contribution < -0.4 is 0 Å². The van der Waals surface area contributed by atoms with Crippen LogP contribution in [0.15, 0.2) is 72.8 Å². The minimum Gasteiger partial charge on any atom is -0.0683 e. The molecule has 4 aromatic rings. The van der Waals surface area contributed by atoms with E-state index >= 15 is 0 Å². The van der Waals surface area contributed by atoms with E-state index in [1.807, 2.05) is 55.4 Å². The molecule has 0 fully saturated rings. The smallest absolute Gasteiger partial charge is 0.0159 e. The Labute approximate surface area is 330 Å². The predicted molar refractivity (Wildman–Crippen MR) is 244 cm³/mol. The first kappa shape index (κ1) is 47.9. The molecule has 53 heavy (non-hydrogen) atoms. The monoisotopic (exact) mass is 719 g/mol. The van der Waals surface area contributed by atoms with E-state index in [1.54, 1.807) is 0 Å². The molecule has 0 bridgehead atoms. The van der Waals surface area contributed by atoms with E-state index in [-0.39, 0.29) is 27.1 Å². The Kier molecular flexibility index (Phi) is 16.7. The third kappa shape index (κ3) is 10.6. The van der Waals surface area contributed by atoms with E-state index in [0.717, 1.165) is 0 Å². The van der Waals surface area contributed by atoms with Gasteiger partial charge >= 0.3 is 0 Å². The number of fused-ring (bicyclic) bond motifs is 6. The second-order valence-corrected chi connectivity index (χ2v) is 18.5. The summed E-state index contributed by atoms with van der Waals surface area (Å²) in [6.07, 6.45) is 0. The molecule has 0 nitrogen and oxygen atoms in total. The van der Waals surface area contributed by atoms with Crippen LogP contribution in [0.4, 0.5) is 0 Å². The molecule has 0 heteroatoms. The van der Waals surface area contributed by atoms with Gasteiger partial charge in [0.2, 0.25) is 0 Å². The molecule has 4 aromatic carbocycles. The van der Waals surface area contributed by atoms with Gasteiger partial charge in [0.15, 0.2) is 0 Å². The number of hydrogen-bond donors (Lipinski definition) is 0. The van der Waals surface area contributed by atoms with Crippen molar-refractivity contribution in [2.24, 2.45) is 0 Å². The summed E-state index contributed by atoms with van der Waals surface area (Å²) in [5.41, 5.74) is 18.2. The van der Waals surface area contributed by atoms with Crippen molar-refractivity contribution in [3.05, 3.63) is 117 Å². The zero-order chi connectivity index (χ0) is 41.5. The third-order valence-electron chi connectivity index (χ3n) is 10.5. The standard InChI is InChI=1S/C23H30.C22H28.4C2H6/c1-21(2,3)15-9-11-17-18-12-10-16(22(4,5)6)14-20(18)23(7,8)19(17)13-15;1-14-19-12-15(21(2,3)4)8-10-17(19)18-11-9-16(13-20(14)18)22(5,6)7;4*1-2/h9-14H,1-8H3;8-14H,1-7H3;4*1-2H3. The summed E-state index contributed by atoms with van der Waals surface area (Å²) in [6, 6.07) is 28.3. The minimum atomic E-state index is 0.0766. The first-order valence-corrected chi connectivity index (χ1v) is 21.1. The maximum absolute atomic E-state index is 2.44. The van der Waals surface area contributed by atoms with Crippen LogP contribution in [0.2, 0.25) is 0 Å². The summed E-state index contributed by atoms with van der Waals surface area (Å²) in [5, 5.41) is 0. The Bertz CT molecular complexity index is 1620. The molecule has 2 aliphatic carbocycles. The third-order valence-corrected chi connectivity index (χ3v) is 10.5. The van der Waals surface area contributed by atoms with Crippen LogP contribution in [0.3, 0.4) is 0 Å². The first-order chi connectivity index (χ1) is 24.5. The van der Waals surface area contributed by atoms with Gasteiger partial charge in [0.1, 0.15) is 0 Å². The first-order valence-electron chi connectivity index (χ1n) is 21.1. The van der Waals surface area contributed by atoms with Crippen molar-refractivity contribution in [3.8, 4) is 22.3 Å². The van der Waals surface area contributed by atoms with Crippen molar-refractivity contribution in [2.75, 3.05) is 0 Å². The predicted octanol–water partition coefficient (Wildman–Crippen LogP) is 17.1. The lowest BCUT2D eigenvalue weighted by Gasteiger charge is -2.26. The molecule has 0 aromatic heterocycles. The van der Waals surface area contributed by atoms with E-state index < -0.39 is 0 Å². The Morgan fingerprint density at radius 2 is 0.585 bits per heavy atom. The van der Waals surface area contributed by atoms with Crippen LogP contribution in [0.1, 0.15) is 210 Å². The van der Waals surface area contributed by atoms with Crippen molar-refractivity contribution in [1.82, 2.24) is 0 Å². The van der Waals surface area contributed by atoms with Gasteiger partial charge in [-0.05, 0) is 88.4 Å². The second-order valence-electron chi connectivity index (χ2n) is 18.5. The molecule has 0 saturated carbocycles. The highest BCUT2D eigenvalue weighted by Gasteiger charge is 2.37. The molecule has 6 rings (SSSR count). The maximum atomic E-state index is 2.44. The molecule has 0 unspecified atom stereocenters. The van der Waals surface area contributed by atoms with Crippen LogP contribution in [0.25, 0.3) is 22.3 Å². The Balaban J connectivity index is 0.000000447. The largest absolute Gasteiger partial charge is 0.0683 e. The minimum absolute atomic E-state index is 0.0766. The lowest BCUT2D eigenvalue weighted by atomic mass is 9.77. The van der Waals surface area contributed by atoms with Crippen molar-refractivity contribution < 1.29 is 0 Å². The fourth-order valence-corrected chi connectivity index (χ4v) is 7.10. The van der Waals surface area contributed by atoms with Gasteiger partial charge in [-0.25, -0.2) is 0 Å². The number of rotatable bonds is 0. The topological polar surface area (TPSA) is 0 Å². The van der Waals surface area contributed by atoms with Gasteiger partial charge in [0.05, 0.1) is 0 Å². The molecule has 0 amide bonds. The molecule has 0 radical (unpaired) electrons. The van der Waals surface area contributed by atoms with E-state index in [1.165, 1.54) is 66.8 Å². The Morgan fingerprint density at radius 1 is 0.358 bits per heavy atom. The zero-order valence-electron chi connectivity index (χ0n) is 39.0. The van der Waals surface area contributed by atoms with Gasteiger partial charge in [-0.2, -0.15) is 0 Å². The van der Waals surface area contributed by atoms with Crippen molar-refractivity contribution >= 4 is 0 Å². The van der Waals surface area contributed by atoms with Gasteiger partial charge in [0.25, 0.3) is 0 Å². The van der Waals surface area contributed by atoms with Crippen LogP contribution >= 0.6 is 0 Å². The molecule has 2 aliphatic rings. The molecule has 294 valence electrons. The number of hydrogen-bond acceptors (Lipinski definition) is 0. The molecule has 0 saturated heterocycles. The van der Waals surface area contributed by atoms with E-state index in [9.17, 15) is 0 Å². The lowest BCUT2D eigenvalue weighted by Crippen LogP contribution is -2.19. The van der Waals surface area contributed by atoms with Gasteiger partial charge in [-0.15, -0.1) is 0 Å². The molecule has 0 atom stereocenters. The average Bonchev–Trinajstić information content (AvgIpc) is 3.52. The highest BCUT2D eigenvalue weighted by atomic mass is 14.4. The molecule has 0 N–H and O–H groups in total. The van der Waals surface area contributed by atoms with Gasteiger partial charge in [-0.1, -0.05) is 232 Å². The number of benzene rings is 4. The highest BCUT2D eigenvalue weighted by molar-refractivity contribution is 5.82. The summed E-state index contributed by atoms with van der Waals surface area (Å²) < 4.78 is 0. The van der Waals surface area contributed by atoms with E-state index in [0.29, 0.717) is 5.92 Å². The highest BCUT2D eigenvalue weighted by Crippen LogP contribution is 2.51. The van der Waals surface area contributed by atoms with Gasteiger partial charge in [0, 0.05) is 11.3 Å². The molecular weight excluding hydrogens is 637 g/mol. The quantitative estimate of drug-likeness (QED) is 0.170. The molecule has 0 spiro atoms. The van der Waals surface area contributed by atoms with Crippen LogP contribution in [0.5, 0.6) is 0 Å². The second kappa shape index (κ2) is 18.5. The Morgan fingerprint density at radius 3 is 0.830 bits per heavy atom. The van der Waals surface area contributed by atoms with Crippen molar-refractivity contribution in [2.45, 2.75) is 192 Å². The maximum Gasteiger partial charge on any atom is 0.0159 e. The SMILES string of the molecule is CC.CC.CC.CC.CC(C)(C)c1ccc2c(c1)C(C)(C)c1cc(C(C)(C)C)ccc1-2.CC1c2cc(C(C)(C)C)ccc2-c2ccc(C(C)(C)C)cc21. The van der Waals surface area contributed by atoms with Crippen LogP contribution in [-0.2, 0) is 27.1 Å². The van der Waals surface area contributed by atoms with Crippen LogP contribution in [0, 0.1) is 0 Å². The van der Waals surface area contributed by atoms with Crippen LogP contribution in [-0.4, -0.2) is 0 Å². The Hall–Kier alpha value is -3.12. The molecule has 0 aliphatic heterocycles. The summed E-state index contributed by atoms with van der Waals surface area (Å²) in [7, 11) is 0. The summed E-state index contributed by atoms with van der Waals surface area (Å²) in [4.78, 5) is 0. The fraction of sp³-hybridized carbons (Fsp3) is 0.547. The van der Waals surface area contributed by atoms with Crippen molar-refractivity contribution in [3.63, 3.8) is 0 Å². The molecular formula is C53H82. The average molecular weight is 719 g/mol. The van der Waals surface area contributed by atoms with E-state index in [4.69, 9.17) is 0 Å². The lowest BCUT2D eigenvalue weighted by molar-refractivity contribution is 0.580. The summed E-state index contributed by atoms with van der Waals surface area (Å²) in [6.45, 7) is 50.6. The van der Waals surface area contributed by atoms with Gasteiger partial charge < -0.3 is 0 Å². The fourth-order valence-electron chi connectivity index (χ4n) is 7.10. The van der Waals surface area contributed by atoms with Gasteiger partial charge in [-0.3, -0.25) is 0 Å².